The van der Waals surface area contributed by atoms with Crippen molar-refractivity contribution in [1.82, 2.24) is 4.90 Å². The molecule has 246 valence electrons. The van der Waals surface area contributed by atoms with Crippen molar-refractivity contribution in [3.63, 3.8) is 0 Å². The van der Waals surface area contributed by atoms with Crippen LogP contribution in [0.25, 0.3) is 0 Å². The fourth-order valence-corrected chi connectivity index (χ4v) is 12.7. The molecule has 44 heavy (non-hydrogen) atoms. The summed E-state index contributed by atoms with van der Waals surface area (Å²) in [5.74, 6) is 1.29. The van der Waals surface area contributed by atoms with Crippen LogP contribution in [0.4, 0.5) is 0 Å². The Morgan fingerprint density at radius 3 is 2.25 bits per heavy atom. The Labute approximate surface area is 266 Å². The van der Waals surface area contributed by atoms with E-state index in [1.807, 2.05) is 0 Å². The monoisotopic (exact) mass is 609 g/mol. The first-order valence-corrected chi connectivity index (χ1v) is 18.0. The molecular formula is C38H59NO5. The van der Waals surface area contributed by atoms with Gasteiger partial charge in [-0.05, 0) is 128 Å². The van der Waals surface area contributed by atoms with E-state index in [0.29, 0.717) is 24.9 Å². The molecule has 0 spiro atoms. The molecule has 5 fully saturated rings. The van der Waals surface area contributed by atoms with Crippen molar-refractivity contribution in [3.05, 3.63) is 11.1 Å². The SMILES string of the molecule is CC(=O)O[C@H]1CC[C@]2(C)[C@H]3CC[C@@H]4C5=C(C(C)C)C(=O)C[C@]5(C(=O)OCCN5CCCC5)CC[C@@]4(C)[C@]3(C)CC[C@H]2C1(C)C. The van der Waals surface area contributed by atoms with Crippen molar-refractivity contribution < 1.29 is 23.9 Å². The van der Waals surface area contributed by atoms with Crippen molar-refractivity contribution in [1.29, 1.82) is 0 Å². The normalized spacial score (nSPS) is 43.2. The third-order valence-electron chi connectivity index (χ3n) is 14.9. The summed E-state index contributed by atoms with van der Waals surface area (Å²) in [6.07, 6.45) is 10.9. The molecule has 0 radical (unpaired) electrons. The standard InChI is InChI=1S/C38H59NO5/c1-24(2)31-27(41)23-38(33(42)43-22-21-39-19-9-10-20-39)18-17-36(7)26(32(31)38)11-12-29-35(6)15-14-30(44-25(3)40)34(4,5)28(35)13-16-37(29,36)8/h24,26,28-30H,9-23H2,1-8H3/t26-,28+,29-,30+,35+,36-,37-,38-/m1/s1. The molecule has 0 N–H and O–H groups in total. The molecular weight excluding hydrogens is 550 g/mol. The lowest BCUT2D eigenvalue weighted by atomic mass is 9.33. The molecule has 6 rings (SSSR count). The zero-order chi connectivity index (χ0) is 31.9. The average Bonchev–Trinajstić information content (AvgIpc) is 3.56. The van der Waals surface area contributed by atoms with E-state index in [4.69, 9.17) is 9.47 Å². The number of ketones is 1. The van der Waals surface area contributed by atoms with E-state index in [9.17, 15) is 14.4 Å². The number of carbonyl (C=O) groups excluding carboxylic acids is 3. The summed E-state index contributed by atoms with van der Waals surface area (Å²) in [4.78, 5) is 42.4. The van der Waals surface area contributed by atoms with E-state index < -0.39 is 5.41 Å². The minimum atomic E-state index is -0.778. The first-order valence-electron chi connectivity index (χ1n) is 18.0. The Bertz CT molecular complexity index is 1230. The van der Waals surface area contributed by atoms with Gasteiger partial charge in [0.2, 0.25) is 0 Å². The average molecular weight is 610 g/mol. The van der Waals surface area contributed by atoms with E-state index in [1.165, 1.54) is 18.4 Å². The van der Waals surface area contributed by atoms with Gasteiger partial charge in [-0.2, -0.15) is 0 Å². The maximum Gasteiger partial charge on any atom is 0.316 e. The molecule has 1 saturated heterocycles. The van der Waals surface area contributed by atoms with Gasteiger partial charge < -0.3 is 9.47 Å². The van der Waals surface area contributed by atoms with Crippen LogP contribution < -0.4 is 0 Å². The number of hydrogen-bond acceptors (Lipinski definition) is 6. The summed E-state index contributed by atoms with van der Waals surface area (Å²) in [5, 5.41) is 0. The Morgan fingerprint density at radius 2 is 1.59 bits per heavy atom. The topological polar surface area (TPSA) is 72.9 Å². The van der Waals surface area contributed by atoms with Crippen LogP contribution in [0, 0.1) is 50.7 Å². The lowest BCUT2D eigenvalue weighted by molar-refractivity contribution is -0.233. The number of nitrogens with zero attached hydrogens (tertiary/aromatic N) is 1. The fraction of sp³-hybridized carbons (Fsp3) is 0.868. The highest BCUT2D eigenvalue weighted by Gasteiger charge is 2.71. The Morgan fingerprint density at radius 1 is 0.886 bits per heavy atom. The van der Waals surface area contributed by atoms with Crippen LogP contribution in [0.2, 0.25) is 0 Å². The van der Waals surface area contributed by atoms with Crippen molar-refractivity contribution in [2.75, 3.05) is 26.2 Å². The van der Waals surface area contributed by atoms with Crippen molar-refractivity contribution >= 4 is 17.7 Å². The number of ether oxygens (including phenoxy) is 2. The van der Waals surface area contributed by atoms with Crippen molar-refractivity contribution in [2.45, 2.75) is 132 Å². The molecule has 0 unspecified atom stereocenters. The predicted molar refractivity (Wildman–Crippen MR) is 172 cm³/mol. The highest BCUT2D eigenvalue weighted by molar-refractivity contribution is 6.06. The first kappa shape index (κ1) is 32.3. The van der Waals surface area contributed by atoms with Gasteiger partial charge in [0, 0.05) is 25.3 Å². The summed E-state index contributed by atoms with van der Waals surface area (Å²) in [6.45, 7) is 21.6. The molecule has 0 aromatic heterocycles. The minimum absolute atomic E-state index is 0.0141. The second kappa shape index (κ2) is 10.9. The number of rotatable bonds is 6. The molecule has 0 amide bonds. The van der Waals surface area contributed by atoms with Crippen LogP contribution in [0.5, 0.6) is 0 Å². The number of likely N-dealkylation sites (tertiary alicyclic amines) is 1. The molecule has 6 heteroatoms. The Kier molecular flexibility index (Phi) is 8.02. The quantitative estimate of drug-likeness (QED) is 0.290. The number of carbonyl (C=O) groups is 3. The van der Waals surface area contributed by atoms with Crippen LogP contribution in [0.15, 0.2) is 11.1 Å². The summed E-state index contributed by atoms with van der Waals surface area (Å²) < 4.78 is 12.0. The zero-order valence-electron chi connectivity index (χ0n) is 29.0. The van der Waals surface area contributed by atoms with Crippen LogP contribution in [0.1, 0.15) is 126 Å². The second-order valence-electron chi connectivity index (χ2n) is 17.4. The molecule has 5 aliphatic carbocycles. The Hall–Kier alpha value is -1.69. The molecule has 6 nitrogen and oxygen atoms in total. The van der Waals surface area contributed by atoms with Crippen molar-refractivity contribution in [2.24, 2.45) is 50.7 Å². The van der Waals surface area contributed by atoms with Crippen LogP contribution in [0.3, 0.4) is 0 Å². The summed E-state index contributed by atoms with van der Waals surface area (Å²) in [7, 11) is 0. The summed E-state index contributed by atoms with van der Waals surface area (Å²) in [5.41, 5.74) is 1.58. The molecule has 6 aliphatic rings. The number of hydrogen-bond donors (Lipinski definition) is 0. The van der Waals surface area contributed by atoms with Gasteiger partial charge in [0.25, 0.3) is 0 Å². The van der Waals surface area contributed by atoms with Crippen LogP contribution in [-0.2, 0) is 23.9 Å². The van der Waals surface area contributed by atoms with Gasteiger partial charge in [0.15, 0.2) is 5.78 Å². The maximum atomic E-state index is 14.2. The third kappa shape index (κ3) is 4.53. The smallest absolute Gasteiger partial charge is 0.316 e. The molecule has 0 bridgehead atoms. The molecule has 8 atom stereocenters. The zero-order valence-corrected chi connectivity index (χ0v) is 29.0. The van der Waals surface area contributed by atoms with E-state index >= 15 is 0 Å². The predicted octanol–water partition coefficient (Wildman–Crippen LogP) is 7.54. The minimum Gasteiger partial charge on any atom is -0.464 e. The van der Waals surface area contributed by atoms with Crippen LogP contribution in [-0.4, -0.2) is 55.0 Å². The maximum absolute atomic E-state index is 14.2. The van der Waals surface area contributed by atoms with E-state index in [2.05, 4.69) is 53.4 Å². The molecule has 1 aliphatic heterocycles. The van der Waals surface area contributed by atoms with Gasteiger partial charge in [-0.15, -0.1) is 0 Å². The van der Waals surface area contributed by atoms with Crippen LogP contribution >= 0.6 is 0 Å². The number of esters is 2. The van der Waals surface area contributed by atoms with Crippen molar-refractivity contribution in [3.8, 4) is 0 Å². The second-order valence-corrected chi connectivity index (χ2v) is 17.4. The lowest BCUT2D eigenvalue weighted by Gasteiger charge is -2.72. The fourth-order valence-electron chi connectivity index (χ4n) is 12.7. The van der Waals surface area contributed by atoms with Gasteiger partial charge in [-0.3, -0.25) is 19.3 Å². The lowest BCUT2D eigenvalue weighted by Crippen LogP contribution is -2.66. The molecule has 0 aromatic carbocycles. The summed E-state index contributed by atoms with van der Waals surface area (Å²) in [6, 6.07) is 0. The van der Waals surface area contributed by atoms with Gasteiger partial charge in [-0.1, -0.05) is 48.5 Å². The van der Waals surface area contributed by atoms with Gasteiger partial charge in [-0.25, -0.2) is 0 Å². The molecule has 4 saturated carbocycles. The highest BCUT2D eigenvalue weighted by atomic mass is 16.5. The number of Topliss-reactive ketones (excluding diaryl/α,β-unsaturated/α-hetero) is 1. The van der Waals surface area contributed by atoms with E-state index in [0.717, 1.165) is 76.6 Å². The van der Waals surface area contributed by atoms with E-state index in [-0.39, 0.29) is 57.3 Å². The van der Waals surface area contributed by atoms with E-state index in [1.54, 1.807) is 6.92 Å². The summed E-state index contributed by atoms with van der Waals surface area (Å²) >= 11 is 0. The third-order valence-corrected chi connectivity index (χ3v) is 14.9. The largest absolute Gasteiger partial charge is 0.464 e. The highest BCUT2D eigenvalue weighted by Crippen LogP contribution is 2.76. The van der Waals surface area contributed by atoms with Gasteiger partial charge in [0.05, 0.1) is 5.41 Å². The number of fused-ring (bicyclic) bond motifs is 7. The molecule has 0 aromatic rings. The first-order chi connectivity index (χ1) is 20.6. The number of allylic oxidation sites excluding steroid dienone is 1. The Balaban J connectivity index is 1.32. The molecule has 1 heterocycles. The van der Waals surface area contributed by atoms with Gasteiger partial charge >= 0.3 is 11.9 Å². The van der Waals surface area contributed by atoms with Gasteiger partial charge in [0.1, 0.15) is 12.7 Å².